The van der Waals surface area contributed by atoms with Crippen LogP contribution in [-0.4, -0.2) is 0 Å². The molecule has 106 valence electrons. The Morgan fingerprint density at radius 2 is 1.60 bits per heavy atom. The van der Waals surface area contributed by atoms with Crippen LogP contribution in [0.15, 0.2) is 36.4 Å². The van der Waals surface area contributed by atoms with Crippen molar-refractivity contribution in [3.63, 3.8) is 0 Å². The van der Waals surface area contributed by atoms with Gasteiger partial charge in [-0.1, -0.05) is 51.3 Å². The average molecular weight is 384 g/mol. The van der Waals surface area contributed by atoms with Crippen LogP contribution < -0.4 is 0 Å². The molecule has 20 heavy (non-hydrogen) atoms. The summed E-state index contributed by atoms with van der Waals surface area (Å²) in [5.74, 6) is 0. The highest BCUT2D eigenvalue weighted by atomic mass is 79.9. The SMILES string of the molecule is FC(F)(F)c1cccc(CBr)c1-c1cc(Cl)cc(Cl)c1. The summed E-state index contributed by atoms with van der Waals surface area (Å²) in [6.07, 6.45) is -4.44. The first-order valence-electron chi connectivity index (χ1n) is 5.54. The van der Waals surface area contributed by atoms with E-state index in [1.807, 2.05) is 0 Å². The molecule has 0 nitrogen and oxygen atoms in total. The Kier molecular flexibility index (Phi) is 4.67. The van der Waals surface area contributed by atoms with E-state index in [2.05, 4.69) is 15.9 Å². The van der Waals surface area contributed by atoms with Gasteiger partial charge in [0.25, 0.3) is 0 Å². The molecule has 2 aromatic rings. The zero-order valence-corrected chi connectivity index (χ0v) is 13.0. The average Bonchev–Trinajstić information content (AvgIpc) is 2.35. The Hall–Kier alpha value is -0.710. The Morgan fingerprint density at radius 3 is 2.10 bits per heavy atom. The fraction of sp³-hybridized carbons (Fsp3) is 0.143. The van der Waals surface area contributed by atoms with Crippen molar-refractivity contribution in [3.8, 4) is 11.1 Å². The molecular formula is C14H8BrCl2F3. The van der Waals surface area contributed by atoms with Gasteiger partial charge in [-0.3, -0.25) is 0 Å². The third kappa shape index (κ3) is 3.30. The number of hydrogen-bond acceptors (Lipinski definition) is 0. The maximum atomic E-state index is 13.2. The second-order valence-corrected chi connectivity index (χ2v) is 5.56. The van der Waals surface area contributed by atoms with Gasteiger partial charge in [-0.2, -0.15) is 13.2 Å². The fourth-order valence-corrected chi connectivity index (χ4v) is 2.98. The van der Waals surface area contributed by atoms with E-state index in [4.69, 9.17) is 23.2 Å². The predicted octanol–water partition coefficient (Wildman–Crippen LogP) is 6.57. The normalized spacial score (nSPS) is 11.7. The van der Waals surface area contributed by atoms with Crippen LogP contribution >= 0.6 is 39.1 Å². The van der Waals surface area contributed by atoms with Gasteiger partial charge in [-0.05, 0) is 41.0 Å². The smallest absolute Gasteiger partial charge is 0.166 e. The summed E-state index contributed by atoms with van der Waals surface area (Å²) in [6.45, 7) is 0. The third-order valence-electron chi connectivity index (χ3n) is 2.75. The van der Waals surface area contributed by atoms with E-state index in [1.165, 1.54) is 24.3 Å². The van der Waals surface area contributed by atoms with Crippen LogP contribution in [-0.2, 0) is 11.5 Å². The van der Waals surface area contributed by atoms with Crippen LogP contribution in [0.1, 0.15) is 11.1 Å². The third-order valence-corrected chi connectivity index (χ3v) is 3.79. The molecule has 0 amide bonds. The van der Waals surface area contributed by atoms with E-state index in [0.29, 0.717) is 26.5 Å². The summed E-state index contributed by atoms with van der Waals surface area (Å²) in [6, 6.07) is 8.50. The minimum Gasteiger partial charge on any atom is -0.166 e. The lowest BCUT2D eigenvalue weighted by atomic mass is 9.95. The molecule has 0 heterocycles. The van der Waals surface area contributed by atoms with Crippen molar-refractivity contribution in [2.75, 3.05) is 0 Å². The topological polar surface area (TPSA) is 0 Å². The molecule has 0 bridgehead atoms. The van der Waals surface area contributed by atoms with Crippen LogP contribution in [0.25, 0.3) is 11.1 Å². The van der Waals surface area contributed by atoms with Crippen LogP contribution in [0.2, 0.25) is 10.0 Å². The van der Waals surface area contributed by atoms with Crippen molar-refractivity contribution in [3.05, 3.63) is 57.6 Å². The second-order valence-electron chi connectivity index (χ2n) is 4.13. The Morgan fingerprint density at radius 1 is 1.00 bits per heavy atom. The molecular weight excluding hydrogens is 376 g/mol. The van der Waals surface area contributed by atoms with E-state index in [9.17, 15) is 13.2 Å². The molecule has 0 aliphatic rings. The zero-order valence-electron chi connectivity index (χ0n) is 9.94. The molecule has 0 atom stereocenters. The minimum absolute atomic E-state index is 0.0984. The van der Waals surface area contributed by atoms with Gasteiger partial charge < -0.3 is 0 Å². The number of halogens is 6. The van der Waals surface area contributed by atoms with E-state index in [-0.39, 0.29) is 5.56 Å². The summed E-state index contributed by atoms with van der Waals surface area (Å²) in [4.78, 5) is 0. The maximum Gasteiger partial charge on any atom is 0.417 e. The number of alkyl halides is 4. The van der Waals surface area contributed by atoms with Crippen molar-refractivity contribution >= 4 is 39.1 Å². The Bertz CT molecular complexity index is 619. The van der Waals surface area contributed by atoms with Crippen LogP contribution in [0.3, 0.4) is 0 Å². The van der Waals surface area contributed by atoms with Gasteiger partial charge in [-0.15, -0.1) is 0 Å². The Balaban J connectivity index is 2.77. The lowest BCUT2D eigenvalue weighted by Crippen LogP contribution is -2.08. The van der Waals surface area contributed by atoms with Crippen molar-refractivity contribution in [1.82, 2.24) is 0 Å². The molecule has 0 aromatic heterocycles. The first kappa shape index (κ1) is 15.7. The van der Waals surface area contributed by atoms with Gasteiger partial charge in [0.05, 0.1) is 5.56 Å². The molecule has 0 fully saturated rings. The van der Waals surface area contributed by atoms with Crippen molar-refractivity contribution in [2.45, 2.75) is 11.5 Å². The van der Waals surface area contributed by atoms with Gasteiger partial charge >= 0.3 is 6.18 Å². The summed E-state index contributed by atoms with van der Waals surface area (Å²) in [5, 5.41) is 0.895. The molecule has 0 aliphatic heterocycles. The van der Waals surface area contributed by atoms with Crippen LogP contribution in [0.4, 0.5) is 13.2 Å². The molecule has 2 aromatic carbocycles. The van der Waals surface area contributed by atoms with Gasteiger partial charge in [0.1, 0.15) is 0 Å². The molecule has 0 radical (unpaired) electrons. The van der Waals surface area contributed by atoms with Crippen molar-refractivity contribution in [1.29, 1.82) is 0 Å². The first-order valence-corrected chi connectivity index (χ1v) is 7.42. The second kappa shape index (κ2) is 5.96. The highest BCUT2D eigenvalue weighted by Crippen LogP contribution is 2.41. The molecule has 2 rings (SSSR count). The number of rotatable bonds is 2. The van der Waals surface area contributed by atoms with Gasteiger partial charge in [-0.25, -0.2) is 0 Å². The van der Waals surface area contributed by atoms with Crippen molar-refractivity contribution in [2.24, 2.45) is 0 Å². The molecule has 0 N–H and O–H groups in total. The van der Waals surface area contributed by atoms with Crippen molar-refractivity contribution < 1.29 is 13.2 Å². The highest BCUT2D eigenvalue weighted by molar-refractivity contribution is 9.08. The number of hydrogen-bond donors (Lipinski definition) is 0. The molecule has 0 spiro atoms. The molecule has 0 saturated heterocycles. The van der Waals surface area contributed by atoms with E-state index in [0.717, 1.165) is 6.07 Å². The standard InChI is InChI=1S/C14H8BrCl2F3/c15-7-8-2-1-3-12(14(18,19)20)13(8)9-4-10(16)6-11(17)5-9/h1-6H,7H2. The largest absolute Gasteiger partial charge is 0.417 e. The van der Waals surface area contributed by atoms with Crippen LogP contribution in [0, 0.1) is 0 Å². The zero-order chi connectivity index (χ0) is 14.9. The van der Waals surface area contributed by atoms with Gasteiger partial charge in [0.2, 0.25) is 0 Å². The summed E-state index contributed by atoms with van der Waals surface area (Å²) in [7, 11) is 0. The van der Waals surface area contributed by atoms with E-state index in [1.54, 1.807) is 6.07 Å². The first-order chi connectivity index (χ1) is 9.32. The van der Waals surface area contributed by atoms with Gasteiger partial charge in [0, 0.05) is 15.4 Å². The van der Waals surface area contributed by atoms with E-state index < -0.39 is 11.7 Å². The highest BCUT2D eigenvalue weighted by Gasteiger charge is 2.34. The quantitative estimate of drug-likeness (QED) is 0.514. The maximum absolute atomic E-state index is 13.2. The summed E-state index contributed by atoms with van der Waals surface area (Å²) < 4.78 is 39.5. The molecule has 6 heteroatoms. The van der Waals surface area contributed by atoms with E-state index >= 15 is 0 Å². The lowest BCUT2D eigenvalue weighted by molar-refractivity contribution is -0.137. The fourth-order valence-electron chi connectivity index (χ4n) is 1.99. The summed E-state index contributed by atoms with van der Waals surface area (Å²) >= 11 is 15.0. The molecule has 0 unspecified atom stereocenters. The predicted molar refractivity (Wildman–Crippen MR) is 79.5 cm³/mol. The monoisotopic (exact) mass is 382 g/mol. The van der Waals surface area contributed by atoms with Crippen LogP contribution in [0.5, 0.6) is 0 Å². The molecule has 0 saturated carbocycles. The van der Waals surface area contributed by atoms with Gasteiger partial charge in [0.15, 0.2) is 0 Å². The summed E-state index contributed by atoms with van der Waals surface area (Å²) in [5.41, 5.74) is 0.275. The number of benzene rings is 2. The molecule has 0 aliphatic carbocycles. The Labute approximate surface area is 132 Å². The lowest BCUT2D eigenvalue weighted by Gasteiger charge is -2.16. The minimum atomic E-state index is -4.44.